The Morgan fingerprint density at radius 3 is 2.92 bits per heavy atom. The van der Waals surface area contributed by atoms with Crippen LogP contribution in [0.1, 0.15) is 43.1 Å². The molecule has 5 atom stereocenters. The number of carbonyl (C=O) groups excluding carboxylic acids is 1. The predicted octanol–water partition coefficient (Wildman–Crippen LogP) is 2.31. The summed E-state index contributed by atoms with van der Waals surface area (Å²) in [6, 6.07) is 5.92. The van der Waals surface area contributed by atoms with Gasteiger partial charge in [0.15, 0.2) is 17.0 Å². The van der Waals surface area contributed by atoms with E-state index in [0.717, 1.165) is 22.4 Å². The van der Waals surface area contributed by atoms with Crippen molar-refractivity contribution in [1.82, 2.24) is 0 Å². The van der Waals surface area contributed by atoms with Crippen molar-refractivity contribution in [3.8, 4) is 5.75 Å². The van der Waals surface area contributed by atoms with Crippen LogP contribution in [0.15, 0.2) is 41.5 Å². The van der Waals surface area contributed by atoms with E-state index in [1.807, 2.05) is 30.4 Å². The Kier molecular flexibility index (Phi) is 2.22. The number of carbonyl (C=O) groups is 1. The summed E-state index contributed by atoms with van der Waals surface area (Å²) in [4.78, 5) is 12.9. The Labute approximate surface area is 144 Å². The standard InChI is InChI=1S/C20H18O5/c1-18(22)8-10-6-7-19-17-14-11(4-3-5-13(14)23-2)16(24-17)20(19,25-19)15(10)12(21)9-18/h3-7,16-17,22H,8-9H2,1-2H3. The molecule has 2 bridgehead atoms. The summed E-state index contributed by atoms with van der Waals surface area (Å²) in [6.45, 7) is 1.72. The highest BCUT2D eigenvalue weighted by atomic mass is 16.7. The summed E-state index contributed by atoms with van der Waals surface area (Å²) in [7, 11) is 1.66. The maximum atomic E-state index is 12.9. The minimum Gasteiger partial charge on any atom is -0.496 e. The van der Waals surface area contributed by atoms with E-state index >= 15 is 0 Å². The van der Waals surface area contributed by atoms with Crippen LogP contribution in [0.4, 0.5) is 0 Å². The van der Waals surface area contributed by atoms with Crippen LogP contribution in [0.25, 0.3) is 0 Å². The Bertz CT molecular complexity index is 926. The van der Waals surface area contributed by atoms with E-state index in [0.29, 0.717) is 12.0 Å². The fourth-order valence-corrected chi connectivity index (χ4v) is 5.51. The second-order valence-electron chi connectivity index (χ2n) is 8.00. The number of rotatable bonds is 1. The average Bonchev–Trinajstić information content (AvgIpc) is 3.00. The van der Waals surface area contributed by atoms with Crippen LogP contribution in [-0.4, -0.2) is 34.8 Å². The third-order valence-electron chi connectivity index (χ3n) is 6.38. The van der Waals surface area contributed by atoms with Gasteiger partial charge in [0.1, 0.15) is 18.0 Å². The van der Waals surface area contributed by atoms with Crippen molar-refractivity contribution in [1.29, 1.82) is 0 Å². The zero-order valence-electron chi connectivity index (χ0n) is 14.0. The highest BCUT2D eigenvalue weighted by Gasteiger charge is 2.88. The fourth-order valence-electron chi connectivity index (χ4n) is 5.51. The summed E-state index contributed by atoms with van der Waals surface area (Å²) in [5, 5.41) is 10.4. The molecule has 1 N–H and O–H groups in total. The second-order valence-corrected chi connectivity index (χ2v) is 8.00. The zero-order valence-corrected chi connectivity index (χ0v) is 14.0. The molecule has 1 aromatic rings. The maximum absolute atomic E-state index is 12.9. The zero-order chi connectivity index (χ0) is 17.2. The molecule has 0 aromatic heterocycles. The fraction of sp³-hybridized carbons (Fsp3) is 0.450. The largest absolute Gasteiger partial charge is 0.496 e. The van der Waals surface area contributed by atoms with Crippen molar-refractivity contribution in [2.45, 2.75) is 48.8 Å². The number of hydrogen-bond donors (Lipinski definition) is 1. The van der Waals surface area contributed by atoms with Crippen molar-refractivity contribution < 1.29 is 24.1 Å². The molecule has 2 saturated heterocycles. The van der Waals surface area contributed by atoms with Gasteiger partial charge < -0.3 is 19.3 Å². The Morgan fingerprint density at radius 1 is 1.28 bits per heavy atom. The number of ketones is 1. The van der Waals surface area contributed by atoms with Crippen LogP contribution in [0.5, 0.6) is 5.75 Å². The van der Waals surface area contributed by atoms with E-state index in [9.17, 15) is 9.90 Å². The molecule has 128 valence electrons. The van der Waals surface area contributed by atoms with Crippen LogP contribution >= 0.6 is 0 Å². The van der Waals surface area contributed by atoms with Crippen LogP contribution in [0.3, 0.4) is 0 Å². The van der Waals surface area contributed by atoms with Crippen molar-refractivity contribution in [2.24, 2.45) is 0 Å². The minimum atomic E-state index is -0.995. The molecule has 2 aliphatic carbocycles. The van der Waals surface area contributed by atoms with E-state index in [4.69, 9.17) is 14.2 Å². The number of aliphatic hydroxyl groups is 1. The number of epoxide rings is 1. The number of benzene rings is 1. The number of fused-ring (bicyclic) bond motifs is 5. The van der Waals surface area contributed by atoms with Gasteiger partial charge in [0.05, 0.1) is 12.7 Å². The average molecular weight is 338 g/mol. The monoisotopic (exact) mass is 338 g/mol. The van der Waals surface area contributed by atoms with Gasteiger partial charge in [-0.2, -0.15) is 0 Å². The van der Waals surface area contributed by atoms with Crippen molar-refractivity contribution in [3.63, 3.8) is 0 Å². The lowest BCUT2D eigenvalue weighted by Crippen LogP contribution is -2.43. The summed E-state index contributed by atoms with van der Waals surface area (Å²) < 4.78 is 18.2. The molecule has 25 heavy (non-hydrogen) atoms. The molecule has 2 fully saturated rings. The Morgan fingerprint density at radius 2 is 2.12 bits per heavy atom. The highest BCUT2D eigenvalue weighted by Crippen LogP contribution is 2.79. The first-order valence-corrected chi connectivity index (χ1v) is 8.64. The maximum Gasteiger partial charge on any atom is 0.165 e. The SMILES string of the molecule is COc1cccc2c1C1OC2C23OC12C=CC1=C3C(=O)CC(C)(O)C1. The van der Waals surface area contributed by atoms with Gasteiger partial charge in [-0.25, -0.2) is 0 Å². The first-order valence-electron chi connectivity index (χ1n) is 8.64. The van der Waals surface area contributed by atoms with Crippen LogP contribution < -0.4 is 4.74 Å². The molecule has 1 aromatic carbocycles. The smallest absolute Gasteiger partial charge is 0.165 e. The molecule has 0 spiro atoms. The Balaban J connectivity index is 1.57. The number of methoxy groups -OCH3 is 1. The molecular weight excluding hydrogens is 320 g/mol. The van der Waals surface area contributed by atoms with Crippen LogP contribution in [0.2, 0.25) is 0 Å². The minimum absolute atomic E-state index is 0.0296. The molecule has 5 heteroatoms. The topological polar surface area (TPSA) is 68.3 Å². The van der Waals surface area contributed by atoms with Crippen LogP contribution in [0, 0.1) is 0 Å². The second kappa shape index (κ2) is 3.90. The molecule has 3 aliphatic heterocycles. The van der Waals surface area contributed by atoms with E-state index in [2.05, 4.69) is 0 Å². The third-order valence-corrected chi connectivity index (χ3v) is 6.38. The molecule has 0 amide bonds. The summed E-state index contributed by atoms with van der Waals surface area (Å²) >= 11 is 0. The van der Waals surface area contributed by atoms with Gasteiger partial charge in [0.2, 0.25) is 0 Å². The summed E-state index contributed by atoms with van der Waals surface area (Å²) in [5.41, 5.74) is 1.34. The van der Waals surface area contributed by atoms with Crippen LogP contribution in [-0.2, 0) is 14.3 Å². The third kappa shape index (κ3) is 1.35. The highest BCUT2D eigenvalue weighted by molar-refractivity contribution is 6.03. The molecule has 5 aliphatic rings. The first kappa shape index (κ1) is 14.2. The first-order chi connectivity index (χ1) is 11.9. The van der Waals surface area contributed by atoms with Gasteiger partial charge in [0, 0.05) is 24.0 Å². The van der Waals surface area contributed by atoms with Gasteiger partial charge >= 0.3 is 0 Å². The van der Waals surface area contributed by atoms with Crippen molar-refractivity contribution >= 4 is 5.78 Å². The molecule has 3 heterocycles. The molecule has 6 rings (SSSR count). The van der Waals surface area contributed by atoms with Gasteiger partial charge in [0.25, 0.3) is 0 Å². The quantitative estimate of drug-likeness (QED) is 0.796. The lowest BCUT2D eigenvalue weighted by atomic mass is 9.64. The molecule has 5 unspecified atom stereocenters. The van der Waals surface area contributed by atoms with Crippen molar-refractivity contribution in [3.05, 3.63) is 52.6 Å². The van der Waals surface area contributed by atoms with Gasteiger partial charge in [-0.15, -0.1) is 0 Å². The Hall–Kier alpha value is -1.95. The lowest BCUT2D eigenvalue weighted by molar-refractivity contribution is -0.122. The number of Topliss-reactive ketones (excluding diaryl/α,β-unsaturated/α-hetero) is 1. The van der Waals surface area contributed by atoms with E-state index < -0.39 is 16.8 Å². The molecule has 0 radical (unpaired) electrons. The summed E-state index contributed by atoms with van der Waals surface area (Å²) in [6.07, 6.45) is 4.01. The number of allylic oxidation sites excluding steroid dienone is 1. The number of hydrogen-bond acceptors (Lipinski definition) is 5. The van der Waals surface area contributed by atoms with E-state index in [-0.39, 0.29) is 24.4 Å². The molecule has 0 saturated carbocycles. The molecule has 5 nitrogen and oxygen atoms in total. The number of ether oxygens (including phenoxy) is 3. The van der Waals surface area contributed by atoms with E-state index in [1.54, 1.807) is 14.0 Å². The lowest BCUT2D eigenvalue weighted by Gasteiger charge is -2.35. The van der Waals surface area contributed by atoms with Crippen molar-refractivity contribution in [2.75, 3.05) is 7.11 Å². The summed E-state index contributed by atoms with van der Waals surface area (Å²) in [5.74, 6) is 0.771. The van der Waals surface area contributed by atoms with E-state index in [1.165, 1.54) is 0 Å². The predicted molar refractivity (Wildman–Crippen MR) is 87.1 cm³/mol. The van der Waals surface area contributed by atoms with Gasteiger partial charge in [-0.1, -0.05) is 18.2 Å². The van der Waals surface area contributed by atoms with Gasteiger partial charge in [-0.3, -0.25) is 4.79 Å². The van der Waals surface area contributed by atoms with Gasteiger partial charge in [-0.05, 0) is 30.2 Å². The molecular formula is C20H18O5. The normalized spacial score (nSPS) is 45.0.